The lowest BCUT2D eigenvalue weighted by atomic mass is 10.1. The molecule has 21 heavy (non-hydrogen) atoms. The van der Waals surface area contributed by atoms with Crippen LogP contribution in [0.25, 0.3) is 5.69 Å². The van der Waals surface area contributed by atoms with Crippen molar-refractivity contribution in [2.75, 3.05) is 31.2 Å². The van der Waals surface area contributed by atoms with Crippen molar-refractivity contribution < 1.29 is 9.57 Å². The van der Waals surface area contributed by atoms with Crippen LogP contribution in [0.4, 0.5) is 5.69 Å². The zero-order valence-corrected chi connectivity index (χ0v) is 11.5. The first-order valence-electron chi connectivity index (χ1n) is 6.72. The molecule has 0 unspecified atom stereocenters. The van der Waals surface area contributed by atoms with E-state index in [-0.39, 0.29) is 5.90 Å². The van der Waals surface area contributed by atoms with Crippen LogP contribution in [0.3, 0.4) is 0 Å². The molecule has 7 heteroatoms. The minimum atomic E-state index is -0.0523. The average Bonchev–Trinajstić information content (AvgIpc) is 3.09. The third kappa shape index (κ3) is 2.74. The van der Waals surface area contributed by atoms with Gasteiger partial charge in [-0.1, -0.05) is 0 Å². The van der Waals surface area contributed by atoms with Gasteiger partial charge in [0, 0.05) is 25.5 Å². The maximum Gasteiger partial charge on any atom is 0.239 e. The number of benzene rings is 1. The molecule has 1 aliphatic heterocycles. The minimum Gasteiger partial charge on any atom is -0.391 e. The molecule has 110 valence electrons. The van der Waals surface area contributed by atoms with Gasteiger partial charge in [-0.2, -0.15) is 11.0 Å². The molecule has 1 aromatic heterocycles. The normalized spacial score (nSPS) is 15.0. The summed E-state index contributed by atoms with van der Waals surface area (Å²) in [6.07, 6.45) is 3.61. The summed E-state index contributed by atoms with van der Waals surface area (Å²) in [7, 11) is 0. The molecule has 0 spiro atoms. The van der Waals surface area contributed by atoms with Crippen molar-refractivity contribution in [3.05, 3.63) is 42.2 Å². The van der Waals surface area contributed by atoms with Crippen LogP contribution < -0.4 is 10.8 Å². The molecular formula is C14H17N5O2. The van der Waals surface area contributed by atoms with Crippen LogP contribution in [0.15, 0.2) is 36.7 Å². The van der Waals surface area contributed by atoms with Gasteiger partial charge in [0.15, 0.2) is 0 Å². The van der Waals surface area contributed by atoms with Gasteiger partial charge in [-0.05, 0) is 24.3 Å². The van der Waals surface area contributed by atoms with E-state index >= 15 is 0 Å². The zero-order valence-electron chi connectivity index (χ0n) is 11.5. The summed E-state index contributed by atoms with van der Waals surface area (Å²) < 4.78 is 7.16. The summed E-state index contributed by atoms with van der Waals surface area (Å²) in [6, 6.07) is 7.57. The van der Waals surface area contributed by atoms with Crippen LogP contribution in [0.1, 0.15) is 5.56 Å². The number of nitrogens with one attached hydrogen (secondary N) is 1. The molecule has 0 radical (unpaired) electrons. The molecule has 3 N–H and O–H groups in total. The number of hydrogen-bond acceptors (Lipinski definition) is 6. The summed E-state index contributed by atoms with van der Waals surface area (Å²) in [5.74, 6) is 5.10. The van der Waals surface area contributed by atoms with Gasteiger partial charge in [0.2, 0.25) is 5.90 Å². The van der Waals surface area contributed by atoms with Crippen LogP contribution in [-0.2, 0) is 9.57 Å². The Bertz CT molecular complexity index is 620. The predicted octanol–water partition coefficient (Wildman–Crippen LogP) is 0.925. The SMILES string of the molecule is N=C(ON)c1ccc(-n2cccn2)cc1N1CCOCC1. The summed E-state index contributed by atoms with van der Waals surface area (Å²) in [5, 5.41) is 12.1. The fourth-order valence-corrected chi connectivity index (χ4v) is 2.41. The van der Waals surface area contributed by atoms with E-state index in [1.807, 2.05) is 30.5 Å². The van der Waals surface area contributed by atoms with Gasteiger partial charge >= 0.3 is 0 Å². The van der Waals surface area contributed by atoms with Crippen molar-refractivity contribution in [3.8, 4) is 5.69 Å². The molecule has 1 aromatic carbocycles. The topological polar surface area (TPSA) is 89.4 Å². The maximum absolute atomic E-state index is 7.86. The molecule has 0 aliphatic carbocycles. The van der Waals surface area contributed by atoms with Gasteiger partial charge in [0.05, 0.1) is 30.2 Å². The van der Waals surface area contributed by atoms with E-state index in [4.69, 9.17) is 16.0 Å². The summed E-state index contributed by atoms with van der Waals surface area (Å²) >= 11 is 0. The van der Waals surface area contributed by atoms with Crippen LogP contribution in [0, 0.1) is 5.41 Å². The van der Waals surface area contributed by atoms with Crippen LogP contribution in [-0.4, -0.2) is 42.0 Å². The molecular weight excluding hydrogens is 270 g/mol. The standard InChI is InChI=1S/C14H17N5O2/c15-14(21-16)12-3-2-11(19-5-1-4-17-19)10-13(12)18-6-8-20-9-7-18/h1-5,10,15H,6-9,16H2. The fourth-order valence-electron chi connectivity index (χ4n) is 2.41. The molecule has 3 rings (SSSR count). The van der Waals surface area contributed by atoms with Gasteiger partial charge in [0.1, 0.15) is 0 Å². The number of nitrogens with zero attached hydrogens (tertiary/aromatic N) is 3. The van der Waals surface area contributed by atoms with E-state index in [2.05, 4.69) is 14.8 Å². The maximum atomic E-state index is 7.86. The first-order chi connectivity index (χ1) is 10.3. The highest BCUT2D eigenvalue weighted by atomic mass is 16.6. The van der Waals surface area contributed by atoms with E-state index in [9.17, 15) is 0 Å². The number of nitrogens with two attached hydrogens (primary N) is 1. The first kappa shape index (κ1) is 13.6. The van der Waals surface area contributed by atoms with Gasteiger partial charge < -0.3 is 14.5 Å². The lowest BCUT2D eigenvalue weighted by Crippen LogP contribution is -2.37. The molecule has 2 aromatic rings. The monoisotopic (exact) mass is 287 g/mol. The van der Waals surface area contributed by atoms with Gasteiger partial charge in [-0.3, -0.25) is 5.41 Å². The van der Waals surface area contributed by atoms with Crippen molar-refractivity contribution >= 4 is 11.6 Å². The Balaban J connectivity index is 2.03. The highest BCUT2D eigenvalue weighted by Gasteiger charge is 2.18. The number of rotatable bonds is 3. The number of anilines is 1. The van der Waals surface area contributed by atoms with E-state index in [0.717, 1.165) is 24.5 Å². The van der Waals surface area contributed by atoms with Crippen LogP contribution in [0.2, 0.25) is 0 Å². The third-order valence-electron chi connectivity index (χ3n) is 3.46. The zero-order chi connectivity index (χ0) is 14.7. The largest absolute Gasteiger partial charge is 0.391 e. The van der Waals surface area contributed by atoms with E-state index in [1.54, 1.807) is 10.9 Å². The second-order valence-electron chi connectivity index (χ2n) is 4.70. The average molecular weight is 287 g/mol. The molecule has 0 saturated carbocycles. The molecule has 2 heterocycles. The van der Waals surface area contributed by atoms with Crippen molar-refractivity contribution in [2.45, 2.75) is 0 Å². The molecule has 1 saturated heterocycles. The van der Waals surface area contributed by atoms with E-state index in [0.29, 0.717) is 18.8 Å². The number of ether oxygens (including phenoxy) is 1. The van der Waals surface area contributed by atoms with Crippen molar-refractivity contribution in [2.24, 2.45) is 5.90 Å². The Labute approximate surface area is 122 Å². The summed E-state index contributed by atoms with van der Waals surface area (Å²) in [6.45, 7) is 2.88. The van der Waals surface area contributed by atoms with E-state index < -0.39 is 0 Å². The van der Waals surface area contributed by atoms with Crippen LogP contribution in [0.5, 0.6) is 0 Å². The summed E-state index contributed by atoms with van der Waals surface area (Å²) in [5.41, 5.74) is 2.49. The quantitative estimate of drug-likeness (QED) is 0.498. The van der Waals surface area contributed by atoms with Crippen molar-refractivity contribution in [1.82, 2.24) is 9.78 Å². The molecule has 1 aliphatic rings. The molecule has 7 nitrogen and oxygen atoms in total. The smallest absolute Gasteiger partial charge is 0.239 e. The van der Waals surface area contributed by atoms with Gasteiger partial charge in [-0.25, -0.2) is 4.68 Å². The number of hydrogen-bond donors (Lipinski definition) is 2. The Morgan fingerprint density at radius 3 is 2.81 bits per heavy atom. The lowest BCUT2D eigenvalue weighted by molar-refractivity contribution is 0.122. The first-order valence-corrected chi connectivity index (χ1v) is 6.72. The van der Waals surface area contributed by atoms with Crippen molar-refractivity contribution in [3.63, 3.8) is 0 Å². The van der Waals surface area contributed by atoms with E-state index in [1.165, 1.54) is 0 Å². The number of morpholine rings is 1. The van der Waals surface area contributed by atoms with Crippen LogP contribution >= 0.6 is 0 Å². The van der Waals surface area contributed by atoms with Gasteiger partial charge in [-0.15, -0.1) is 0 Å². The highest BCUT2D eigenvalue weighted by molar-refractivity contribution is 5.98. The Hall–Kier alpha value is -2.38. The summed E-state index contributed by atoms with van der Waals surface area (Å²) in [4.78, 5) is 6.77. The second-order valence-corrected chi connectivity index (χ2v) is 4.70. The predicted molar refractivity (Wildman–Crippen MR) is 78.7 cm³/mol. The molecule has 0 bridgehead atoms. The number of aromatic nitrogens is 2. The fraction of sp³-hybridized carbons (Fsp3) is 0.286. The molecule has 1 fully saturated rings. The molecule has 0 amide bonds. The lowest BCUT2D eigenvalue weighted by Gasteiger charge is -2.30. The molecule has 0 atom stereocenters. The third-order valence-corrected chi connectivity index (χ3v) is 3.46. The Morgan fingerprint density at radius 1 is 1.33 bits per heavy atom. The second kappa shape index (κ2) is 5.94. The van der Waals surface area contributed by atoms with Crippen molar-refractivity contribution in [1.29, 1.82) is 5.41 Å². The Kier molecular flexibility index (Phi) is 3.85. The van der Waals surface area contributed by atoms with Gasteiger partial charge in [0.25, 0.3) is 0 Å². The Morgan fingerprint density at radius 2 is 2.14 bits per heavy atom. The highest BCUT2D eigenvalue weighted by Crippen LogP contribution is 2.25. The minimum absolute atomic E-state index is 0.0523.